The number of piperazine rings is 1. The maximum Gasteiger partial charge on any atom is 0.225 e. The first kappa shape index (κ1) is 22.8. The predicted octanol–water partition coefficient (Wildman–Crippen LogP) is 4.02. The fraction of sp³-hybridized carbons (Fsp3) is 0.519. The number of pyridine rings is 2. The average molecular weight is 462 g/mol. The fourth-order valence-electron chi connectivity index (χ4n) is 5.23. The molecule has 0 spiro atoms. The lowest BCUT2D eigenvalue weighted by atomic mass is 9.95. The Hall–Kier alpha value is -2.93. The number of nitrogens with zero attached hydrogens (tertiary/aromatic N) is 4. The van der Waals surface area contributed by atoms with Gasteiger partial charge in [0.15, 0.2) is 5.82 Å². The van der Waals surface area contributed by atoms with Crippen molar-refractivity contribution in [1.29, 1.82) is 0 Å². The van der Waals surface area contributed by atoms with Gasteiger partial charge >= 0.3 is 0 Å². The molecule has 3 heterocycles. The van der Waals surface area contributed by atoms with E-state index < -0.39 is 0 Å². The van der Waals surface area contributed by atoms with Gasteiger partial charge in [-0.05, 0) is 67.9 Å². The van der Waals surface area contributed by atoms with E-state index >= 15 is 0 Å². The van der Waals surface area contributed by atoms with Crippen LogP contribution in [0.5, 0.6) is 0 Å². The van der Waals surface area contributed by atoms with Gasteiger partial charge in [-0.1, -0.05) is 6.58 Å². The van der Waals surface area contributed by atoms with Crippen molar-refractivity contribution in [2.24, 2.45) is 5.92 Å². The number of hydrogen-bond donors (Lipinski definition) is 1. The summed E-state index contributed by atoms with van der Waals surface area (Å²) in [7, 11) is 1.64. The Morgan fingerprint density at radius 3 is 2.76 bits per heavy atom. The molecule has 7 heteroatoms. The number of nitrogens with two attached hydrogens (primary N) is 1. The summed E-state index contributed by atoms with van der Waals surface area (Å²) in [6.45, 7) is 8.69. The number of carbonyl (C=O) groups is 1. The minimum atomic E-state index is 0.195. The van der Waals surface area contributed by atoms with Crippen molar-refractivity contribution in [3.63, 3.8) is 0 Å². The molecular weight excluding hydrogens is 426 g/mol. The fourth-order valence-corrected chi connectivity index (χ4v) is 5.23. The number of hydrogen-bond acceptors (Lipinski definition) is 6. The third kappa shape index (κ3) is 4.41. The van der Waals surface area contributed by atoms with Crippen LogP contribution in [-0.2, 0) is 9.53 Å². The lowest BCUT2D eigenvalue weighted by Gasteiger charge is -2.43. The molecule has 3 fully saturated rings. The van der Waals surface area contributed by atoms with Crippen molar-refractivity contribution < 1.29 is 9.53 Å². The lowest BCUT2D eigenvalue weighted by Crippen LogP contribution is -2.56. The highest BCUT2D eigenvalue weighted by Gasteiger charge is 2.41. The number of amides is 1. The molecule has 1 saturated heterocycles. The zero-order chi connectivity index (χ0) is 23.8. The lowest BCUT2D eigenvalue weighted by molar-refractivity contribution is -0.135. The van der Waals surface area contributed by atoms with Gasteiger partial charge in [0, 0.05) is 44.4 Å². The largest absolute Gasteiger partial charge is 0.396 e. The number of anilines is 2. The van der Waals surface area contributed by atoms with Crippen LogP contribution in [0, 0.1) is 12.8 Å². The van der Waals surface area contributed by atoms with Crippen molar-refractivity contribution in [3.8, 4) is 11.1 Å². The Kier molecular flexibility index (Phi) is 6.30. The van der Waals surface area contributed by atoms with E-state index in [1.54, 1.807) is 13.2 Å². The van der Waals surface area contributed by atoms with Gasteiger partial charge in [0.25, 0.3) is 0 Å². The summed E-state index contributed by atoms with van der Waals surface area (Å²) >= 11 is 0. The summed E-state index contributed by atoms with van der Waals surface area (Å²) in [5.74, 6) is 2.13. The second-order valence-corrected chi connectivity index (χ2v) is 9.86. The topological polar surface area (TPSA) is 84.6 Å². The zero-order valence-corrected chi connectivity index (χ0v) is 20.3. The third-order valence-corrected chi connectivity index (χ3v) is 7.47. The van der Waals surface area contributed by atoms with Gasteiger partial charge in [0.1, 0.15) is 0 Å². The van der Waals surface area contributed by atoms with E-state index in [0.29, 0.717) is 31.4 Å². The molecule has 0 unspecified atom stereocenters. The van der Waals surface area contributed by atoms with Crippen molar-refractivity contribution in [2.45, 2.75) is 51.0 Å². The molecule has 34 heavy (non-hydrogen) atoms. The maximum atomic E-state index is 12.8. The van der Waals surface area contributed by atoms with Crippen molar-refractivity contribution >= 4 is 23.5 Å². The standard InChI is InChI=1S/C27H35N5O2/c1-4-21-15-20(9-11-29-21)24-17(2)25(28)27(30-26(24)19-7-8-19)31-12-13-32(23(33)10-14-34-3)22(16-31)18-5-6-18/h4,9,11,15,18-19,22H,1,5-8,10,12-14,16,28H2,2-3H3/t22-/m0/s1. The predicted molar refractivity (Wildman–Crippen MR) is 136 cm³/mol. The van der Waals surface area contributed by atoms with Crippen LogP contribution in [0.25, 0.3) is 17.2 Å². The molecule has 180 valence electrons. The maximum absolute atomic E-state index is 12.8. The highest BCUT2D eigenvalue weighted by molar-refractivity contribution is 5.82. The summed E-state index contributed by atoms with van der Waals surface area (Å²) < 4.78 is 5.14. The first-order valence-corrected chi connectivity index (χ1v) is 12.4. The van der Waals surface area contributed by atoms with Crippen molar-refractivity contribution in [2.75, 3.05) is 44.0 Å². The first-order chi connectivity index (χ1) is 16.5. The smallest absolute Gasteiger partial charge is 0.225 e. The molecule has 2 saturated carbocycles. The molecule has 1 atom stereocenters. The molecule has 2 N–H and O–H groups in total. The molecular formula is C27H35N5O2. The summed E-state index contributed by atoms with van der Waals surface area (Å²) in [4.78, 5) is 26.8. The number of carbonyl (C=O) groups excluding carboxylic acids is 1. The molecule has 5 rings (SSSR count). The SMILES string of the molecule is C=Cc1cc(-c2c(C3CC3)nc(N3CCN(C(=O)CCOC)[C@H](C4CC4)C3)c(N)c2C)ccn1. The van der Waals surface area contributed by atoms with Crippen LogP contribution >= 0.6 is 0 Å². The van der Waals surface area contributed by atoms with Gasteiger partial charge in [-0.2, -0.15) is 0 Å². The molecule has 2 aliphatic carbocycles. The summed E-state index contributed by atoms with van der Waals surface area (Å²) in [6.07, 6.45) is 8.74. The Morgan fingerprint density at radius 2 is 2.09 bits per heavy atom. The minimum Gasteiger partial charge on any atom is -0.396 e. The van der Waals surface area contributed by atoms with Crippen LogP contribution in [0.1, 0.15) is 55.0 Å². The second kappa shape index (κ2) is 9.37. The van der Waals surface area contributed by atoms with E-state index in [1.807, 2.05) is 12.3 Å². The van der Waals surface area contributed by atoms with Crippen LogP contribution < -0.4 is 10.6 Å². The monoisotopic (exact) mass is 461 g/mol. The van der Waals surface area contributed by atoms with Crippen molar-refractivity contribution in [3.05, 3.63) is 41.9 Å². The Labute approximate surface area is 202 Å². The Balaban J connectivity index is 1.47. The normalized spacial score (nSPS) is 20.5. The Morgan fingerprint density at radius 1 is 1.29 bits per heavy atom. The van der Waals surface area contributed by atoms with E-state index in [1.165, 1.54) is 12.8 Å². The number of aromatic nitrogens is 2. The molecule has 2 aromatic heterocycles. The number of ether oxygens (including phenoxy) is 1. The van der Waals surface area contributed by atoms with E-state index in [0.717, 1.165) is 65.5 Å². The quantitative estimate of drug-likeness (QED) is 0.639. The highest BCUT2D eigenvalue weighted by Crippen LogP contribution is 2.47. The average Bonchev–Trinajstić information content (AvgIpc) is 3.77. The molecule has 0 bridgehead atoms. The number of rotatable bonds is 8. The molecule has 0 radical (unpaired) electrons. The molecule has 2 aromatic rings. The minimum absolute atomic E-state index is 0.195. The van der Waals surface area contributed by atoms with Gasteiger partial charge in [-0.3, -0.25) is 9.78 Å². The van der Waals surface area contributed by atoms with Gasteiger partial charge < -0.3 is 20.3 Å². The van der Waals surface area contributed by atoms with Crippen LogP contribution in [0.4, 0.5) is 11.5 Å². The summed E-state index contributed by atoms with van der Waals surface area (Å²) in [6, 6.07) is 4.32. The van der Waals surface area contributed by atoms with E-state index in [2.05, 4.69) is 34.4 Å². The number of methoxy groups -OCH3 is 1. The summed E-state index contributed by atoms with van der Waals surface area (Å²) in [5, 5.41) is 0. The van der Waals surface area contributed by atoms with Gasteiger partial charge in [0.05, 0.1) is 36.1 Å². The first-order valence-electron chi connectivity index (χ1n) is 12.4. The van der Waals surface area contributed by atoms with Crippen LogP contribution in [0.15, 0.2) is 24.9 Å². The Bertz CT molecular complexity index is 1090. The van der Waals surface area contributed by atoms with Gasteiger partial charge in [0.2, 0.25) is 5.91 Å². The van der Waals surface area contributed by atoms with Crippen LogP contribution in [-0.4, -0.2) is 60.2 Å². The molecule has 3 aliphatic rings. The van der Waals surface area contributed by atoms with E-state index in [4.69, 9.17) is 15.5 Å². The number of nitrogen functional groups attached to an aromatic ring is 1. The molecule has 1 aliphatic heterocycles. The van der Waals surface area contributed by atoms with E-state index in [9.17, 15) is 4.79 Å². The van der Waals surface area contributed by atoms with Gasteiger partial charge in [-0.25, -0.2) is 4.98 Å². The van der Waals surface area contributed by atoms with Gasteiger partial charge in [-0.15, -0.1) is 0 Å². The van der Waals surface area contributed by atoms with E-state index in [-0.39, 0.29) is 11.9 Å². The van der Waals surface area contributed by atoms with Crippen LogP contribution in [0.2, 0.25) is 0 Å². The zero-order valence-electron chi connectivity index (χ0n) is 20.3. The molecule has 0 aromatic carbocycles. The van der Waals surface area contributed by atoms with Crippen molar-refractivity contribution in [1.82, 2.24) is 14.9 Å². The second-order valence-electron chi connectivity index (χ2n) is 9.86. The third-order valence-electron chi connectivity index (χ3n) is 7.47. The highest BCUT2D eigenvalue weighted by atomic mass is 16.5. The van der Waals surface area contributed by atoms with Crippen LogP contribution in [0.3, 0.4) is 0 Å². The molecule has 7 nitrogen and oxygen atoms in total. The molecule has 1 amide bonds. The summed E-state index contributed by atoms with van der Waals surface area (Å²) in [5.41, 5.74) is 12.8.